The van der Waals surface area contributed by atoms with E-state index in [1.165, 1.54) is 17.0 Å². The molecule has 0 spiro atoms. The third kappa shape index (κ3) is 8.37. The summed E-state index contributed by atoms with van der Waals surface area (Å²) in [6.45, 7) is 1.37. The Hall–Kier alpha value is -3.66. The summed E-state index contributed by atoms with van der Waals surface area (Å²) in [6.07, 6.45) is 4.09. The highest BCUT2D eigenvalue weighted by molar-refractivity contribution is 9.10. The van der Waals surface area contributed by atoms with E-state index in [0.717, 1.165) is 45.6 Å². The Labute approximate surface area is 284 Å². The Bertz CT molecular complexity index is 1750. The first-order valence-corrected chi connectivity index (χ1v) is 17.9. The maximum Gasteiger partial charge on any atom is 0.264 e. The molecule has 0 bridgehead atoms. The molecule has 0 radical (unpaired) electrons. The van der Waals surface area contributed by atoms with Crippen LogP contribution in [-0.4, -0.2) is 43.8 Å². The average molecular weight is 723 g/mol. The Morgan fingerprint density at radius 2 is 1.52 bits per heavy atom. The van der Waals surface area contributed by atoms with Gasteiger partial charge in [0.2, 0.25) is 11.8 Å². The van der Waals surface area contributed by atoms with E-state index in [-0.39, 0.29) is 29.8 Å². The van der Waals surface area contributed by atoms with Gasteiger partial charge in [0.05, 0.1) is 10.6 Å². The van der Waals surface area contributed by atoms with Crippen molar-refractivity contribution in [3.8, 4) is 0 Å². The molecule has 0 heterocycles. The number of hydrogen-bond acceptors (Lipinski definition) is 4. The molecule has 240 valence electrons. The Balaban J connectivity index is 1.57. The number of anilines is 1. The Kier molecular flexibility index (Phi) is 11.2. The van der Waals surface area contributed by atoms with E-state index in [9.17, 15) is 18.0 Å². The molecule has 1 atom stereocenters. The molecule has 1 aliphatic carbocycles. The zero-order chi connectivity index (χ0) is 32.7. The fraction of sp³-hybridized carbons (Fsp3) is 0.278. The molecule has 7 nitrogen and oxygen atoms in total. The lowest BCUT2D eigenvalue weighted by molar-refractivity contribution is -0.140. The van der Waals surface area contributed by atoms with Gasteiger partial charge in [0, 0.05) is 28.5 Å². The van der Waals surface area contributed by atoms with Crippen molar-refractivity contribution in [2.24, 2.45) is 0 Å². The van der Waals surface area contributed by atoms with Crippen LogP contribution in [-0.2, 0) is 32.6 Å². The maximum atomic E-state index is 14.6. The highest BCUT2D eigenvalue weighted by atomic mass is 79.9. The Morgan fingerprint density at radius 1 is 0.891 bits per heavy atom. The minimum absolute atomic E-state index is 0.0207. The van der Waals surface area contributed by atoms with Crippen molar-refractivity contribution in [1.29, 1.82) is 0 Å². The number of nitrogens with zero attached hydrogens (tertiary/aromatic N) is 2. The van der Waals surface area contributed by atoms with Crippen molar-refractivity contribution in [2.75, 3.05) is 10.8 Å². The maximum absolute atomic E-state index is 14.6. The summed E-state index contributed by atoms with van der Waals surface area (Å²) in [7, 11) is -4.17. The first-order valence-electron chi connectivity index (χ1n) is 15.3. The van der Waals surface area contributed by atoms with Crippen LogP contribution in [0.5, 0.6) is 0 Å². The molecule has 4 aromatic carbocycles. The number of hydrogen-bond donors (Lipinski definition) is 1. The number of nitrogens with one attached hydrogen (secondary N) is 1. The smallest absolute Gasteiger partial charge is 0.264 e. The molecule has 0 aliphatic heterocycles. The molecule has 2 amide bonds. The second-order valence-electron chi connectivity index (χ2n) is 11.6. The van der Waals surface area contributed by atoms with Crippen molar-refractivity contribution in [2.45, 2.75) is 62.6 Å². The summed E-state index contributed by atoms with van der Waals surface area (Å²) in [5, 5.41) is 3.64. The predicted molar refractivity (Wildman–Crippen MR) is 186 cm³/mol. The molecule has 0 aromatic heterocycles. The largest absolute Gasteiger partial charge is 0.352 e. The fourth-order valence-corrected chi connectivity index (χ4v) is 7.58. The quantitative estimate of drug-likeness (QED) is 0.166. The van der Waals surface area contributed by atoms with Crippen molar-refractivity contribution < 1.29 is 18.0 Å². The SMILES string of the molecule is Cc1ccc(S(=O)(=O)N(CC(=O)N(Cc2ccccc2Cl)C(Cc2ccccc2)C(=O)NC2CCCC2)c2ccc(Br)cc2)cc1. The molecular formula is C36H37BrClN3O4S. The topological polar surface area (TPSA) is 86.8 Å². The molecule has 0 saturated heterocycles. The minimum Gasteiger partial charge on any atom is -0.352 e. The molecular weight excluding hydrogens is 686 g/mol. The van der Waals surface area contributed by atoms with E-state index in [2.05, 4.69) is 21.2 Å². The molecule has 1 saturated carbocycles. The Morgan fingerprint density at radius 3 is 2.17 bits per heavy atom. The highest BCUT2D eigenvalue weighted by Gasteiger charge is 2.35. The number of amides is 2. The van der Waals surface area contributed by atoms with Gasteiger partial charge in [-0.05, 0) is 73.4 Å². The van der Waals surface area contributed by atoms with Crippen LogP contribution >= 0.6 is 27.5 Å². The minimum atomic E-state index is -4.17. The van der Waals surface area contributed by atoms with Gasteiger partial charge in [0.15, 0.2) is 0 Å². The lowest BCUT2D eigenvalue weighted by Gasteiger charge is -2.34. The van der Waals surface area contributed by atoms with Crippen molar-refractivity contribution >= 4 is 55.1 Å². The van der Waals surface area contributed by atoms with E-state index >= 15 is 0 Å². The lowest BCUT2D eigenvalue weighted by atomic mass is 10.0. The number of carbonyl (C=O) groups excluding carboxylic acids is 2. The number of benzene rings is 4. The van der Waals surface area contributed by atoms with E-state index in [0.29, 0.717) is 16.3 Å². The van der Waals surface area contributed by atoms with Crippen LogP contribution in [0.25, 0.3) is 0 Å². The normalized spacial score (nSPS) is 14.1. The number of carbonyl (C=O) groups is 2. The van der Waals surface area contributed by atoms with E-state index in [1.807, 2.05) is 49.4 Å². The van der Waals surface area contributed by atoms with Gasteiger partial charge < -0.3 is 10.2 Å². The van der Waals surface area contributed by atoms with Crippen LogP contribution in [0.15, 0.2) is 112 Å². The van der Waals surface area contributed by atoms with Gasteiger partial charge in [-0.3, -0.25) is 13.9 Å². The average Bonchev–Trinajstić information content (AvgIpc) is 3.56. The predicted octanol–water partition coefficient (Wildman–Crippen LogP) is 7.31. The molecule has 1 unspecified atom stereocenters. The van der Waals surface area contributed by atoms with Gasteiger partial charge in [0.25, 0.3) is 10.0 Å². The number of halogens is 2. The molecule has 4 aromatic rings. The van der Waals surface area contributed by atoms with Gasteiger partial charge in [-0.2, -0.15) is 0 Å². The summed E-state index contributed by atoms with van der Waals surface area (Å²) >= 11 is 10.0. The lowest BCUT2D eigenvalue weighted by Crippen LogP contribution is -2.54. The van der Waals surface area contributed by atoms with Crippen LogP contribution < -0.4 is 9.62 Å². The van der Waals surface area contributed by atoms with Gasteiger partial charge >= 0.3 is 0 Å². The van der Waals surface area contributed by atoms with Gasteiger partial charge in [-0.15, -0.1) is 0 Å². The summed E-state index contributed by atoms with van der Waals surface area (Å²) < 4.78 is 30.2. The monoisotopic (exact) mass is 721 g/mol. The molecule has 10 heteroatoms. The molecule has 5 rings (SSSR count). The van der Waals surface area contributed by atoms with Crippen LogP contribution in [0.3, 0.4) is 0 Å². The van der Waals surface area contributed by atoms with Crippen LogP contribution in [0.2, 0.25) is 5.02 Å². The standard InChI is InChI=1S/C36H37BrClN3O4S/c1-26-15-21-32(22-16-26)46(44,45)41(31-19-17-29(37)18-20-31)25-35(42)40(24-28-11-5-8-14-33(28)38)34(23-27-9-3-2-4-10-27)36(43)39-30-12-6-7-13-30/h2-5,8-11,14-22,30,34H,6-7,12-13,23-25H2,1H3,(H,39,43). The molecule has 1 aliphatic rings. The van der Waals surface area contributed by atoms with Crippen LogP contribution in [0.4, 0.5) is 5.69 Å². The number of aryl methyl sites for hydroxylation is 1. The van der Waals surface area contributed by atoms with Crippen molar-refractivity contribution in [3.63, 3.8) is 0 Å². The fourth-order valence-electron chi connectivity index (χ4n) is 5.71. The van der Waals surface area contributed by atoms with Crippen LogP contribution in [0, 0.1) is 6.92 Å². The first-order chi connectivity index (χ1) is 22.1. The molecule has 1 fully saturated rings. The van der Waals surface area contributed by atoms with Gasteiger partial charge in [-0.1, -0.05) is 107 Å². The second kappa shape index (κ2) is 15.3. The highest BCUT2D eigenvalue weighted by Crippen LogP contribution is 2.28. The summed E-state index contributed by atoms with van der Waals surface area (Å²) in [5.74, 6) is -0.797. The van der Waals surface area contributed by atoms with Gasteiger partial charge in [0.1, 0.15) is 12.6 Å². The third-order valence-electron chi connectivity index (χ3n) is 8.27. The van der Waals surface area contributed by atoms with Crippen molar-refractivity contribution in [1.82, 2.24) is 10.2 Å². The van der Waals surface area contributed by atoms with E-state index in [1.54, 1.807) is 48.5 Å². The van der Waals surface area contributed by atoms with E-state index < -0.39 is 28.5 Å². The zero-order valence-electron chi connectivity index (χ0n) is 25.6. The summed E-state index contributed by atoms with van der Waals surface area (Å²) in [5.41, 5.74) is 2.77. The number of sulfonamides is 1. The number of rotatable bonds is 12. The summed E-state index contributed by atoms with van der Waals surface area (Å²) in [4.78, 5) is 30.2. The zero-order valence-corrected chi connectivity index (χ0v) is 28.8. The second-order valence-corrected chi connectivity index (χ2v) is 14.8. The van der Waals surface area contributed by atoms with Gasteiger partial charge in [-0.25, -0.2) is 8.42 Å². The van der Waals surface area contributed by atoms with E-state index in [4.69, 9.17) is 11.6 Å². The molecule has 1 N–H and O–H groups in total. The van der Waals surface area contributed by atoms with Crippen molar-refractivity contribution in [3.05, 3.63) is 129 Å². The molecule has 46 heavy (non-hydrogen) atoms. The summed E-state index contributed by atoms with van der Waals surface area (Å²) in [6, 6.07) is 29.1. The first kappa shape index (κ1) is 33.7. The third-order valence-corrected chi connectivity index (χ3v) is 11.0. The van der Waals surface area contributed by atoms with Crippen LogP contribution in [0.1, 0.15) is 42.4 Å².